The zero-order valence-corrected chi connectivity index (χ0v) is 10.1. The third-order valence-corrected chi connectivity index (χ3v) is 3.21. The molecule has 1 aliphatic heterocycles. The molecule has 0 spiro atoms. The van der Waals surface area contributed by atoms with E-state index in [4.69, 9.17) is 0 Å². The van der Waals surface area contributed by atoms with Gasteiger partial charge in [-0.15, -0.1) is 0 Å². The first kappa shape index (κ1) is 12.5. The maximum atomic E-state index is 11.7. The average Bonchev–Trinajstić information content (AvgIpc) is 2.23. The van der Waals surface area contributed by atoms with Crippen molar-refractivity contribution in [1.29, 1.82) is 0 Å². The summed E-state index contributed by atoms with van der Waals surface area (Å²) in [6.45, 7) is 5.90. The summed E-state index contributed by atoms with van der Waals surface area (Å²) in [6, 6.07) is 0. The first-order valence-corrected chi connectivity index (χ1v) is 6.22. The van der Waals surface area contributed by atoms with Crippen LogP contribution in [-0.4, -0.2) is 24.5 Å². The Balaban J connectivity index is 2.20. The maximum absolute atomic E-state index is 11.7. The second-order valence-corrected chi connectivity index (χ2v) is 4.68. The number of hydrogen-bond acceptors (Lipinski definition) is 2. The van der Waals surface area contributed by atoms with Crippen LogP contribution < -0.4 is 10.6 Å². The van der Waals surface area contributed by atoms with Crippen molar-refractivity contribution in [3.8, 4) is 0 Å². The van der Waals surface area contributed by atoms with Gasteiger partial charge in [-0.1, -0.05) is 39.0 Å². The van der Waals surface area contributed by atoms with Gasteiger partial charge in [-0.05, 0) is 13.3 Å². The predicted molar refractivity (Wildman–Crippen MR) is 62.8 cm³/mol. The molecule has 0 radical (unpaired) electrons. The van der Waals surface area contributed by atoms with Gasteiger partial charge in [0.2, 0.25) is 5.91 Å². The lowest BCUT2D eigenvalue weighted by atomic mass is 9.91. The number of carbonyl (C=O) groups excluding carboxylic acids is 1. The first-order chi connectivity index (χ1) is 7.19. The van der Waals surface area contributed by atoms with Gasteiger partial charge in [0, 0.05) is 13.1 Å². The summed E-state index contributed by atoms with van der Waals surface area (Å²) in [7, 11) is 0. The Bertz CT molecular complexity index is 206. The largest absolute Gasteiger partial charge is 0.353 e. The molecule has 1 rings (SSSR count). The molecule has 0 aromatic carbocycles. The van der Waals surface area contributed by atoms with E-state index in [0.717, 1.165) is 25.9 Å². The van der Waals surface area contributed by atoms with Gasteiger partial charge in [0.1, 0.15) is 0 Å². The maximum Gasteiger partial charge on any atom is 0.240 e. The molecule has 1 amide bonds. The van der Waals surface area contributed by atoms with Crippen molar-refractivity contribution in [1.82, 2.24) is 10.6 Å². The highest BCUT2D eigenvalue weighted by molar-refractivity contribution is 5.86. The van der Waals surface area contributed by atoms with Crippen molar-refractivity contribution in [2.45, 2.75) is 57.9 Å². The number of unbranched alkanes of at least 4 members (excludes halogenated alkanes) is 4. The zero-order valence-electron chi connectivity index (χ0n) is 10.1. The van der Waals surface area contributed by atoms with Crippen LogP contribution >= 0.6 is 0 Å². The van der Waals surface area contributed by atoms with E-state index in [1.54, 1.807) is 0 Å². The van der Waals surface area contributed by atoms with Crippen LogP contribution in [0.1, 0.15) is 52.4 Å². The SMILES string of the molecule is CCCCCCCC1(C)NCCNC1=O. The second-order valence-electron chi connectivity index (χ2n) is 4.68. The van der Waals surface area contributed by atoms with E-state index in [-0.39, 0.29) is 11.4 Å². The highest BCUT2D eigenvalue weighted by Gasteiger charge is 2.33. The summed E-state index contributed by atoms with van der Waals surface area (Å²) in [5.41, 5.74) is -0.315. The molecule has 15 heavy (non-hydrogen) atoms. The summed E-state index contributed by atoms with van der Waals surface area (Å²) in [6.07, 6.45) is 7.25. The molecule has 1 heterocycles. The number of carbonyl (C=O) groups is 1. The number of hydrogen-bond donors (Lipinski definition) is 2. The summed E-state index contributed by atoms with van der Waals surface area (Å²) in [4.78, 5) is 11.7. The van der Waals surface area contributed by atoms with E-state index in [0.29, 0.717) is 0 Å². The minimum atomic E-state index is -0.315. The van der Waals surface area contributed by atoms with E-state index in [1.807, 2.05) is 6.92 Å². The van der Waals surface area contributed by atoms with Gasteiger partial charge >= 0.3 is 0 Å². The lowest BCUT2D eigenvalue weighted by Crippen LogP contribution is -2.61. The molecule has 0 saturated carbocycles. The Hall–Kier alpha value is -0.570. The van der Waals surface area contributed by atoms with E-state index in [1.165, 1.54) is 25.7 Å². The first-order valence-electron chi connectivity index (χ1n) is 6.22. The third-order valence-electron chi connectivity index (χ3n) is 3.21. The highest BCUT2D eigenvalue weighted by Crippen LogP contribution is 2.17. The lowest BCUT2D eigenvalue weighted by Gasteiger charge is -2.33. The lowest BCUT2D eigenvalue weighted by molar-refractivity contribution is -0.128. The van der Waals surface area contributed by atoms with Crippen molar-refractivity contribution in [3.05, 3.63) is 0 Å². The number of amides is 1. The molecule has 0 aromatic heterocycles. The molecule has 1 fully saturated rings. The normalized spacial score (nSPS) is 26.4. The van der Waals surface area contributed by atoms with Gasteiger partial charge in [-0.3, -0.25) is 4.79 Å². The molecule has 0 bridgehead atoms. The fourth-order valence-electron chi connectivity index (χ4n) is 2.07. The second kappa shape index (κ2) is 6.11. The van der Waals surface area contributed by atoms with E-state index in [9.17, 15) is 4.79 Å². The van der Waals surface area contributed by atoms with Crippen LogP contribution in [0.5, 0.6) is 0 Å². The topological polar surface area (TPSA) is 41.1 Å². The monoisotopic (exact) mass is 212 g/mol. The van der Waals surface area contributed by atoms with Gasteiger partial charge in [0.25, 0.3) is 0 Å². The smallest absolute Gasteiger partial charge is 0.240 e. The molecule has 1 aliphatic rings. The van der Waals surface area contributed by atoms with Crippen molar-refractivity contribution in [2.75, 3.05) is 13.1 Å². The minimum absolute atomic E-state index is 0.171. The Morgan fingerprint density at radius 2 is 1.93 bits per heavy atom. The van der Waals surface area contributed by atoms with Crippen molar-refractivity contribution < 1.29 is 4.79 Å². The zero-order chi connectivity index (χ0) is 11.1. The molecular formula is C12H24N2O. The molecule has 88 valence electrons. The molecule has 0 aliphatic carbocycles. The van der Waals surface area contributed by atoms with Gasteiger partial charge in [-0.25, -0.2) is 0 Å². The summed E-state index contributed by atoms with van der Waals surface area (Å²) in [5, 5.41) is 6.25. The fourth-order valence-corrected chi connectivity index (χ4v) is 2.07. The van der Waals surface area contributed by atoms with Crippen molar-refractivity contribution >= 4 is 5.91 Å². The summed E-state index contributed by atoms with van der Waals surface area (Å²) in [5.74, 6) is 0.171. The fraction of sp³-hybridized carbons (Fsp3) is 0.917. The third kappa shape index (κ3) is 3.82. The standard InChI is InChI=1S/C12H24N2O/c1-3-4-5-6-7-8-12(2)11(15)13-9-10-14-12/h14H,3-10H2,1-2H3,(H,13,15). The molecule has 0 aromatic rings. The molecule has 3 nitrogen and oxygen atoms in total. The van der Waals surface area contributed by atoms with Gasteiger partial charge in [0.15, 0.2) is 0 Å². The summed E-state index contributed by atoms with van der Waals surface area (Å²) < 4.78 is 0. The Morgan fingerprint density at radius 1 is 1.20 bits per heavy atom. The molecular weight excluding hydrogens is 188 g/mol. The molecule has 2 N–H and O–H groups in total. The number of rotatable bonds is 6. The van der Waals surface area contributed by atoms with Crippen molar-refractivity contribution in [3.63, 3.8) is 0 Å². The van der Waals surface area contributed by atoms with Gasteiger partial charge in [-0.2, -0.15) is 0 Å². The van der Waals surface area contributed by atoms with E-state index >= 15 is 0 Å². The van der Waals surface area contributed by atoms with E-state index < -0.39 is 0 Å². The molecule has 1 saturated heterocycles. The highest BCUT2D eigenvalue weighted by atomic mass is 16.2. The van der Waals surface area contributed by atoms with Gasteiger partial charge < -0.3 is 10.6 Å². The summed E-state index contributed by atoms with van der Waals surface area (Å²) >= 11 is 0. The molecule has 1 unspecified atom stereocenters. The Morgan fingerprint density at radius 3 is 2.60 bits per heavy atom. The van der Waals surface area contributed by atoms with Crippen molar-refractivity contribution in [2.24, 2.45) is 0 Å². The van der Waals surface area contributed by atoms with Crippen LogP contribution in [0.2, 0.25) is 0 Å². The number of piperazine rings is 1. The van der Waals surface area contributed by atoms with Crippen LogP contribution in [0.4, 0.5) is 0 Å². The quantitative estimate of drug-likeness (QED) is 0.659. The molecule has 3 heteroatoms. The van der Waals surface area contributed by atoms with Crippen LogP contribution in [0.3, 0.4) is 0 Å². The predicted octanol–water partition coefficient (Wildman–Crippen LogP) is 1.82. The van der Waals surface area contributed by atoms with Crippen LogP contribution in [0.25, 0.3) is 0 Å². The minimum Gasteiger partial charge on any atom is -0.353 e. The van der Waals surface area contributed by atoms with Gasteiger partial charge in [0.05, 0.1) is 5.54 Å². The average molecular weight is 212 g/mol. The van der Waals surface area contributed by atoms with Crippen LogP contribution in [0.15, 0.2) is 0 Å². The Kier molecular flexibility index (Phi) is 5.09. The number of nitrogens with one attached hydrogen (secondary N) is 2. The Labute approximate surface area is 93.0 Å². The molecule has 1 atom stereocenters. The van der Waals surface area contributed by atoms with Crippen LogP contribution in [0, 0.1) is 0 Å². The van der Waals surface area contributed by atoms with Crippen LogP contribution in [-0.2, 0) is 4.79 Å². The van der Waals surface area contributed by atoms with E-state index in [2.05, 4.69) is 17.6 Å².